The third kappa shape index (κ3) is 3.77. The number of aromatic hydroxyl groups is 1. The normalized spacial score (nSPS) is 12.1. The van der Waals surface area contributed by atoms with Gasteiger partial charge < -0.3 is 15.2 Å². The molecule has 0 aliphatic rings. The second-order valence-electron chi connectivity index (χ2n) is 4.86. The van der Waals surface area contributed by atoms with E-state index in [-0.39, 0.29) is 6.04 Å². The Hall–Kier alpha value is -1.52. The molecule has 0 aromatic heterocycles. The number of rotatable bonds is 6. The van der Waals surface area contributed by atoms with E-state index < -0.39 is 0 Å². The fourth-order valence-corrected chi connectivity index (χ4v) is 2.84. The first kappa shape index (κ1) is 15.9. The van der Waals surface area contributed by atoms with E-state index in [1.807, 2.05) is 36.4 Å². The number of nitrogens with one attached hydrogen (secondary N) is 1. The van der Waals surface area contributed by atoms with E-state index >= 15 is 0 Å². The van der Waals surface area contributed by atoms with Crippen LogP contribution in [-0.2, 0) is 11.3 Å². The number of hydrogen-bond acceptors (Lipinski definition) is 3. The van der Waals surface area contributed by atoms with E-state index in [0.29, 0.717) is 12.4 Å². The van der Waals surface area contributed by atoms with Crippen molar-refractivity contribution in [3.63, 3.8) is 0 Å². The highest BCUT2D eigenvalue weighted by molar-refractivity contribution is 9.10. The molecule has 0 fully saturated rings. The first-order valence-electron chi connectivity index (χ1n) is 6.98. The van der Waals surface area contributed by atoms with Gasteiger partial charge in [-0.3, -0.25) is 0 Å². The maximum Gasteiger partial charge on any atom is 0.120 e. The molecule has 3 nitrogen and oxygen atoms in total. The summed E-state index contributed by atoms with van der Waals surface area (Å²) in [6.45, 7) is 2.62. The lowest BCUT2D eigenvalue weighted by Crippen LogP contribution is -2.12. The van der Waals surface area contributed by atoms with Crippen LogP contribution < -0.4 is 5.32 Å². The van der Waals surface area contributed by atoms with Crippen LogP contribution >= 0.6 is 15.9 Å². The van der Waals surface area contributed by atoms with Gasteiger partial charge in [0.15, 0.2) is 0 Å². The van der Waals surface area contributed by atoms with Crippen LogP contribution in [0.2, 0.25) is 0 Å². The van der Waals surface area contributed by atoms with Crippen molar-refractivity contribution in [1.82, 2.24) is 0 Å². The Morgan fingerprint density at radius 2 is 1.95 bits per heavy atom. The van der Waals surface area contributed by atoms with Gasteiger partial charge in [-0.1, -0.05) is 47.1 Å². The number of methoxy groups -OCH3 is 1. The summed E-state index contributed by atoms with van der Waals surface area (Å²) in [5, 5.41) is 13.6. The van der Waals surface area contributed by atoms with Crippen molar-refractivity contribution >= 4 is 21.6 Å². The average molecular weight is 350 g/mol. The third-order valence-electron chi connectivity index (χ3n) is 3.46. The van der Waals surface area contributed by atoms with Crippen LogP contribution in [0.25, 0.3) is 0 Å². The molecule has 0 aliphatic carbocycles. The Kier molecular flexibility index (Phi) is 5.65. The monoisotopic (exact) mass is 349 g/mol. The molecule has 0 radical (unpaired) electrons. The molecule has 2 aromatic carbocycles. The third-order valence-corrected chi connectivity index (χ3v) is 4.20. The minimum Gasteiger partial charge on any atom is -0.508 e. The molecule has 1 atom stereocenters. The summed E-state index contributed by atoms with van der Waals surface area (Å²) in [7, 11) is 1.68. The number of anilines is 1. The van der Waals surface area contributed by atoms with Gasteiger partial charge in [-0.2, -0.15) is 0 Å². The van der Waals surface area contributed by atoms with Crippen molar-refractivity contribution in [2.75, 3.05) is 12.4 Å². The maximum absolute atomic E-state index is 10.0. The minimum atomic E-state index is 0.0520. The summed E-state index contributed by atoms with van der Waals surface area (Å²) in [6.07, 6.45) is 0.872. The number of phenols is 1. The number of ether oxygens (including phenoxy) is 1. The average Bonchev–Trinajstić information content (AvgIpc) is 2.49. The number of phenolic OH excluding ortho intramolecular Hbond substituents is 1. The molecule has 0 bridgehead atoms. The molecule has 112 valence electrons. The van der Waals surface area contributed by atoms with Crippen molar-refractivity contribution in [2.45, 2.75) is 26.0 Å². The second-order valence-corrected chi connectivity index (χ2v) is 5.72. The van der Waals surface area contributed by atoms with Gasteiger partial charge in [-0.25, -0.2) is 0 Å². The van der Waals surface area contributed by atoms with Crippen molar-refractivity contribution in [3.8, 4) is 5.75 Å². The molecule has 0 spiro atoms. The highest BCUT2D eigenvalue weighted by Gasteiger charge is 2.15. The Balaban J connectivity index is 2.31. The Labute approximate surface area is 134 Å². The largest absolute Gasteiger partial charge is 0.508 e. The Bertz CT molecular complexity index is 601. The van der Waals surface area contributed by atoms with Gasteiger partial charge in [-0.15, -0.1) is 0 Å². The fourth-order valence-electron chi connectivity index (χ4n) is 2.35. The Morgan fingerprint density at radius 1 is 1.19 bits per heavy atom. The van der Waals surface area contributed by atoms with E-state index in [1.54, 1.807) is 13.2 Å². The quantitative estimate of drug-likeness (QED) is 0.781. The zero-order valence-electron chi connectivity index (χ0n) is 12.3. The van der Waals surface area contributed by atoms with Crippen LogP contribution in [0.15, 0.2) is 46.9 Å². The van der Waals surface area contributed by atoms with E-state index in [2.05, 4.69) is 28.2 Å². The molecule has 0 amide bonds. The molecule has 0 saturated carbocycles. The van der Waals surface area contributed by atoms with E-state index in [0.717, 1.165) is 27.7 Å². The maximum atomic E-state index is 10.0. The van der Waals surface area contributed by atoms with Gasteiger partial charge in [0.2, 0.25) is 0 Å². The van der Waals surface area contributed by atoms with Gasteiger partial charge in [-0.05, 0) is 24.6 Å². The minimum absolute atomic E-state index is 0.0520. The smallest absolute Gasteiger partial charge is 0.120 e. The van der Waals surface area contributed by atoms with Crippen LogP contribution in [0.4, 0.5) is 5.69 Å². The second kappa shape index (κ2) is 7.48. The van der Waals surface area contributed by atoms with Crippen molar-refractivity contribution in [3.05, 3.63) is 58.1 Å². The van der Waals surface area contributed by atoms with E-state index in [4.69, 9.17) is 4.74 Å². The van der Waals surface area contributed by atoms with Crippen LogP contribution in [0.1, 0.15) is 30.5 Å². The number of hydrogen-bond donors (Lipinski definition) is 2. The van der Waals surface area contributed by atoms with E-state index in [9.17, 15) is 5.11 Å². The van der Waals surface area contributed by atoms with Gasteiger partial charge >= 0.3 is 0 Å². The predicted octanol–water partition coefficient (Wildman–Crippen LogP) is 4.86. The van der Waals surface area contributed by atoms with Gasteiger partial charge in [0, 0.05) is 28.4 Å². The molecule has 21 heavy (non-hydrogen) atoms. The zero-order valence-corrected chi connectivity index (χ0v) is 13.9. The highest BCUT2D eigenvalue weighted by atomic mass is 79.9. The van der Waals surface area contributed by atoms with Gasteiger partial charge in [0.05, 0.1) is 12.6 Å². The first-order valence-corrected chi connectivity index (χ1v) is 7.77. The molecule has 2 N–H and O–H groups in total. The van der Waals surface area contributed by atoms with E-state index in [1.165, 1.54) is 0 Å². The standard InChI is InChI=1S/C17H20BrNO2/c1-3-15(12-7-4-5-10-17(12)20)19-16-9-6-8-14(18)13(16)11-21-2/h4-10,15,19-20H,3,11H2,1-2H3. The van der Waals surface area contributed by atoms with Crippen molar-refractivity contribution < 1.29 is 9.84 Å². The van der Waals surface area contributed by atoms with Gasteiger partial charge in [0.25, 0.3) is 0 Å². The molecule has 0 heterocycles. The lowest BCUT2D eigenvalue weighted by Gasteiger charge is -2.22. The number of halogens is 1. The molecule has 2 aromatic rings. The SMILES string of the molecule is CCC(Nc1cccc(Br)c1COC)c1ccccc1O. The summed E-state index contributed by atoms with van der Waals surface area (Å²) in [5.41, 5.74) is 3.00. The molecule has 1 unspecified atom stereocenters. The number of para-hydroxylation sites is 1. The summed E-state index contributed by atoms with van der Waals surface area (Å²) in [4.78, 5) is 0. The van der Waals surface area contributed by atoms with Gasteiger partial charge in [0.1, 0.15) is 5.75 Å². The van der Waals surface area contributed by atoms with Crippen LogP contribution in [0.5, 0.6) is 5.75 Å². The summed E-state index contributed by atoms with van der Waals surface area (Å²) >= 11 is 3.56. The summed E-state index contributed by atoms with van der Waals surface area (Å²) in [5.74, 6) is 0.320. The topological polar surface area (TPSA) is 41.5 Å². The lowest BCUT2D eigenvalue weighted by molar-refractivity contribution is 0.185. The van der Waals surface area contributed by atoms with Crippen LogP contribution in [0, 0.1) is 0 Å². The Morgan fingerprint density at radius 3 is 2.62 bits per heavy atom. The molecule has 0 saturated heterocycles. The number of benzene rings is 2. The van der Waals surface area contributed by atoms with Crippen LogP contribution in [0.3, 0.4) is 0 Å². The van der Waals surface area contributed by atoms with Crippen LogP contribution in [-0.4, -0.2) is 12.2 Å². The summed E-state index contributed by atoms with van der Waals surface area (Å²) in [6, 6.07) is 13.5. The highest BCUT2D eigenvalue weighted by Crippen LogP contribution is 2.32. The molecular formula is C17H20BrNO2. The van der Waals surface area contributed by atoms with Crippen molar-refractivity contribution in [2.24, 2.45) is 0 Å². The molecule has 2 rings (SSSR count). The molecule has 0 aliphatic heterocycles. The molecular weight excluding hydrogens is 330 g/mol. The lowest BCUT2D eigenvalue weighted by atomic mass is 10.0. The fraction of sp³-hybridized carbons (Fsp3) is 0.294. The zero-order chi connectivity index (χ0) is 15.2. The first-order chi connectivity index (χ1) is 10.2. The molecule has 4 heteroatoms. The predicted molar refractivity (Wildman–Crippen MR) is 89.6 cm³/mol. The van der Waals surface area contributed by atoms with Crippen molar-refractivity contribution in [1.29, 1.82) is 0 Å². The summed E-state index contributed by atoms with van der Waals surface area (Å²) < 4.78 is 6.29.